The molecule has 0 unspecified atom stereocenters. The third-order valence-electron chi connectivity index (χ3n) is 5.59. The Bertz CT molecular complexity index is 1260. The molecule has 0 aliphatic rings. The van der Waals surface area contributed by atoms with Gasteiger partial charge in [0.15, 0.2) is 5.78 Å². The van der Waals surface area contributed by atoms with E-state index in [0.29, 0.717) is 0 Å². The van der Waals surface area contributed by atoms with Gasteiger partial charge in [0, 0.05) is 0 Å². The van der Waals surface area contributed by atoms with Crippen LogP contribution in [0, 0.1) is 5.92 Å². The number of methoxy groups -OCH3 is 2. The van der Waals surface area contributed by atoms with E-state index in [1.165, 1.54) is 62.8 Å². The Morgan fingerprint density at radius 3 is 1.65 bits per heavy atom. The van der Waals surface area contributed by atoms with Crippen molar-refractivity contribution in [2.75, 3.05) is 14.2 Å². The van der Waals surface area contributed by atoms with E-state index in [4.69, 9.17) is 23.3 Å². The summed E-state index contributed by atoms with van der Waals surface area (Å²) in [5, 5.41) is 2.65. The molecule has 1 N–H and O–H groups in total. The Labute approximate surface area is 233 Å². The number of alkyl carbamates (subject to hydrolysis) is 1. The predicted molar refractivity (Wildman–Crippen MR) is 147 cm³/mol. The Morgan fingerprint density at radius 2 is 1.23 bits per heavy atom. The highest BCUT2D eigenvalue weighted by Crippen LogP contribution is 2.53. The van der Waals surface area contributed by atoms with Crippen LogP contribution in [0.5, 0.6) is 11.5 Å². The molecule has 3 rings (SSSR count). The van der Waals surface area contributed by atoms with Crippen LogP contribution >= 0.6 is 7.60 Å². The lowest BCUT2D eigenvalue weighted by molar-refractivity contribution is 0.0592. The van der Waals surface area contributed by atoms with Crippen molar-refractivity contribution in [3.8, 4) is 11.5 Å². The van der Waals surface area contributed by atoms with Crippen molar-refractivity contribution in [3.05, 3.63) is 95.6 Å². The summed E-state index contributed by atoms with van der Waals surface area (Å²) in [4.78, 5) is 36.4. The van der Waals surface area contributed by atoms with Crippen molar-refractivity contribution in [2.45, 2.75) is 32.7 Å². The second-order valence-electron chi connectivity index (χ2n) is 9.11. The van der Waals surface area contributed by atoms with Gasteiger partial charge in [0.2, 0.25) is 0 Å². The van der Waals surface area contributed by atoms with Crippen molar-refractivity contribution in [2.24, 2.45) is 5.92 Å². The van der Waals surface area contributed by atoms with Crippen LogP contribution in [0.25, 0.3) is 0 Å². The fraction of sp³-hybridized carbons (Fsp3) is 0.276. The molecular formula is C29H32NO9P. The Kier molecular flexibility index (Phi) is 10.7. The number of rotatable bonds is 12. The van der Waals surface area contributed by atoms with Crippen molar-refractivity contribution >= 4 is 25.6 Å². The normalized spacial score (nSPS) is 11.7. The maximum Gasteiger partial charge on any atom is 0.453 e. The summed E-state index contributed by atoms with van der Waals surface area (Å²) in [6.07, 6.45) is -0.581. The van der Waals surface area contributed by atoms with E-state index in [9.17, 15) is 18.9 Å². The van der Waals surface area contributed by atoms with Gasteiger partial charge in [0.05, 0.1) is 25.3 Å². The maximum absolute atomic E-state index is 14.4. The van der Waals surface area contributed by atoms with Gasteiger partial charge in [0.1, 0.15) is 18.1 Å². The maximum atomic E-state index is 14.4. The lowest BCUT2D eigenvalue weighted by Gasteiger charge is -2.29. The third kappa shape index (κ3) is 8.61. The highest BCUT2D eigenvalue weighted by atomic mass is 31.2. The number of esters is 2. The lowest BCUT2D eigenvalue weighted by Crippen LogP contribution is -2.38. The topological polar surface area (TPSA) is 126 Å². The number of carbonyl (C=O) groups is 3. The van der Waals surface area contributed by atoms with Gasteiger partial charge in [-0.1, -0.05) is 44.2 Å². The van der Waals surface area contributed by atoms with Gasteiger partial charge < -0.3 is 28.6 Å². The van der Waals surface area contributed by atoms with Gasteiger partial charge in [-0.3, -0.25) is 0 Å². The molecule has 0 aromatic heterocycles. The van der Waals surface area contributed by atoms with Crippen LogP contribution in [0.3, 0.4) is 0 Å². The minimum atomic E-state index is -4.21. The van der Waals surface area contributed by atoms with Crippen LogP contribution in [0.4, 0.5) is 4.79 Å². The molecule has 10 nitrogen and oxygen atoms in total. The van der Waals surface area contributed by atoms with Crippen LogP contribution in [0.15, 0.2) is 78.9 Å². The van der Waals surface area contributed by atoms with Crippen molar-refractivity contribution in [3.63, 3.8) is 0 Å². The summed E-state index contributed by atoms with van der Waals surface area (Å²) in [6.45, 7) is 3.80. The second-order valence-corrected chi connectivity index (χ2v) is 11.2. The first kappa shape index (κ1) is 30.2. The highest BCUT2D eigenvalue weighted by molar-refractivity contribution is 7.55. The minimum absolute atomic E-state index is 0.0110. The van der Waals surface area contributed by atoms with E-state index < -0.39 is 31.4 Å². The number of nitrogens with one attached hydrogen (secondary N) is 1. The van der Waals surface area contributed by atoms with Gasteiger partial charge in [-0.2, -0.15) is 0 Å². The summed E-state index contributed by atoms with van der Waals surface area (Å²) in [7, 11) is -1.69. The van der Waals surface area contributed by atoms with Crippen LogP contribution < -0.4 is 14.4 Å². The first-order valence-corrected chi connectivity index (χ1v) is 14.1. The van der Waals surface area contributed by atoms with E-state index in [-0.39, 0.29) is 41.6 Å². The van der Waals surface area contributed by atoms with Gasteiger partial charge in [-0.05, 0) is 66.4 Å². The van der Waals surface area contributed by atoms with Gasteiger partial charge in [-0.15, -0.1) is 0 Å². The van der Waals surface area contributed by atoms with Crippen LogP contribution in [-0.2, 0) is 25.4 Å². The molecule has 0 aliphatic carbocycles. The van der Waals surface area contributed by atoms with Crippen LogP contribution in [-0.4, -0.2) is 38.0 Å². The zero-order valence-electron chi connectivity index (χ0n) is 22.7. The van der Waals surface area contributed by atoms with Gasteiger partial charge in [-0.25, -0.2) is 18.9 Å². The molecule has 0 aliphatic heterocycles. The van der Waals surface area contributed by atoms with Crippen LogP contribution in [0.1, 0.15) is 46.5 Å². The average Bonchev–Trinajstić information content (AvgIpc) is 2.96. The zero-order chi connectivity index (χ0) is 29.1. The van der Waals surface area contributed by atoms with Gasteiger partial charge in [0.25, 0.3) is 0 Å². The predicted octanol–water partition coefficient (Wildman–Crippen LogP) is 6.21. The Balaban J connectivity index is 1.90. The summed E-state index contributed by atoms with van der Waals surface area (Å²) >= 11 is 0. The van der Waals surface area contributed by atoms with E-state index >= 15 is 0 Å². The molecule has 0 bridgehead atoms. The molecule has 1 amide bonds. The summed E-state index contributed by atoms with van der Waals surface area (Å²) in [5.74, 6) is -1.96. The molecule has 0 spiro atoms. The van der Waals surface area contributed by atoms with E-state index in [0.717, 1.165) is 5.56 Å². The van der Waals surface area contributed by atoms with E-state index in [1.54, 1.807) is 0 Å². The molecule has 1 atom stereocenters. The number of hydrogen-bond acceptors (Lipinski definition) is 9. The Morgan fingerprint density at radius 1 is 0.750 bits per heavy atom. The summed E-state index contributed by atoms with van der Waals surface area (Å²) in [5.41, 5.74) is 1.32. The first-order valence-electron chi connectivity index (χ1n) is 12.5. The van der Waals surface area contributed by atoms with E-state index in [2.05, 4.69) is 5.32 Å². The van der Waals surface area contributed by atoms with Crippen molar-refractivity contribution in [1.82, 2.24) is 5.32 Å². The SMILES string of the molecule is COC(=O)c1ccc(OP(=O)(Oc2ccc(C(=O)OC)cc2)[C@@H](CC(C)C)NC(=O)OCc2ccccc2)cc1. The first-order chi connectivity index (χ1) is 19.1. The molecule has 3 aromatic carbocycles. The molecule has 212 valence electrons. The lowest BCUT2D eigenvalue weighted by atomic mass is 10.1. The number of benzene rings is 3. The molecule has 0 saturated heterocycles. The summed E-state index contributed by atoms with van der Waals surface area (Å²) < 4.78 is 41.1. The molecule has 0 heterocycles. The standard InChI is InChI=1S/C29H32NO9P/c1-20(2)18-26(30-29(33)37-19-21-8-6-5-7-9-21)40(34,38-24-14-10-22(11-15-24)27(31)35-3)39-25-16-12-23(13-17-25)28(32)36-4/h5-17,20,26H,18-19H2,1-4H3,(H,30,33)/t26-/m0/s1. The molecular weight excluding hydrogens is 537 g/mol. The molecule has 40 heavy (non-hydrogen) atoms. The average molecular weight is 570 g/mol. The summed E-state index contributed by atoms with van der Waals surface area (Å²) in [6, 6.07) is 20.7. The molecule has 0 saturated carbocycles. The van der Waals surface area contributed by atoms with Crippen molar-refractivity contribution in [1.29, 1.82) is 0 Å². The highest BCUT2D eigenvalue weighted by Gasteiger charge is 2.41. The third-order valence-corrected chi connectivity index (χ3v) is 7.62. The largest absolute Gasteiger partial charge is 0.465 e. The fourth-order valence-corrected chi connectivity index (χ4v) is 5.66. The zero-order valence-corrected chi connectivity index (χ0v) is 23.6. The molecule has 11 heteroatoms. The van der Waals surface area contributed by atoms with Gasteiger partial charge >= 0.3 is 25.6 Å². The monoisotopic (exact) mass is 569 g/mol. The Hall–Kier alpha value is -4.30. The number of carbonyl (C=O) groups excluding carboxylic acids is 3. The number of hydrogen-bond donors (Lipinski definition) is 1. The number of amides is 1. The van der Waals surface area contributed by atoms with E-state index in [1.807, 2.05) is 44.2 Å². The molecule has 0 radical (unpaired) electrons. The fourth-order valence-electron chi connectivity index (χ4n) is 3.59. The quantitative estimate of drug-likeness (QED) is 0.154. The molecule has 3 aromatic rings. The smallest absolute Gasteiger partial charge is 0.453 e. The molecule has 0 fully saturated rings. The second kappa shape index (κ2) is 14.2. The van der Waals surface area contributed by atoms with Crippen molar-refractivity contribution < 1.29 is 42.2 Å². The van der Waals surface area contributed by atoms with Crippen LogP contribution in [0.2, 0.25) is 0 Å². The number of ether oxygens (including phenoxy) is 3. The minimum Gasteiger partial charge on any atom is -0.465 e.